The number of ether oxygens (including phenoxy) is 1. The van der Waals surface area contributed by atoms with Crippen molar-refractivity contribution in [3.05, 3.63) is 64.7 Å². The van der Waals surface area contributed by atoms with Crippen LogP contribution < -0.4 is 10.1 Å². The van der Waals surface area contributed by atoms with E-state index in [0.717, 1.165) is 23.3 Å². The van der Waals surface area contributed by atoms with Crippen LogP contribution in [0.5, 0.6) is 5.75 Å². The maximum atomic E-state index is 12.7. The zero-order valence-electron chi connectivity index (χ0n) is 16.8. The maximum absolute atomic E-state index is 12.7. The van der Waals surface area contributed by atoms with E-state index in [1.54, 1.807) is 6.92 Å². The fourth-order valence-electron chi connectivity index (χ4n) is 3.00. The van der Waals surface area contributed by atoms with Gasteiger partial charge in [-0.25, -0.2) is 0 Å². The molecule has 0 saturated heterocycles. The Labute approximate surface area is 157 Å². The fourth-order valence-corrected chi connectivity index (χ4v) is 3.00. The highest BCUT2D eigenvalue weighted by molar-refractivity contribution is 5.81. The number of hydrogen-bond donors (Lipinski definition) is 1. The second-order valence-electron chi connectivity index (χ2n) is 7.27. The summed E-state index contributed by atoms with van der Waals surface area (Å²) in [6.45, 7) is 12.3. The van der Waals surface area contributed by atoms with Crippen LogP contribution in [-0.4, -0.2) is 12.0 Å². The van der Waals surface area contributed by atoms with Gasteiger partial charge >= 0.3 is 0 Å². The Hall–Kier alpha value is -2.29. The molecule has 1 N–H and O–H groups in total. The third-order valence-electron chi connectivity index (χ3n) is 4.87. The van der Waals surface area contributed by atoms with Crippen LogP contribution in [0, 0.1) is 13.8 Å². The first-order chi connectivity index (χ1) is 12.3. The molecule has 0 spiro atoms. The van der Waals surface area contributed by atoms with E-state index in [4.69, 9.17) is 4.74 Å². The third-order valence-corrected chi connectivity index (χ3v) is 4.87. The molecular formula is C23H31NO2. The lowest BCUT2D eigenvalue weighted by Gasteiger charge is -2.23. The van der Waals surface area contributed by atoms with Crippen LogP contribution in [0.15, 0.2) is 42.5 Å². The van der Waals surface area contributed by atoms with Crippen molar-refractivity contribution in [1.82, 2.24) is 5.32 Å². The molecule has 0 aliphatic carbocycles. The summed E-state index contributed by atoms with van der Waals surface area (Å²) in [6.07, 6.45) is 0.291. The van der Waals surface area contributed by atoms with Gasteiger partial charge in [0.2, 0.25) is 0 Å². The van der Waals surface area contributed by atoms with Gasteiger partial charge in [-0.2, -0.15) is 0 Å². The summed E-state index contributed by atoms with van der Waals surface area (Å²) in [5.41, 5.74) is 4.76. The first-order valence-electron chi connectivity index (χ1n) is 9.46. The summed E-state index contributed by atoms with van der Waals surface area (Å²) < 4.78 is 5.98. The molecule has 0 heterocycles. The first kappa shape index (κ1) is 20.0. The number of benzene rings is 2. The van der Waals surface area contributed by atoms with E-state index in [9.17, 15) is 4.79 Å². The van der Waals surface area contributed by atoms with Gasteiger partial charge in [-0.15, -0.1) is 0 Å². The van der Waals surface area contributed by atoms with Gasteiger partial charge < -0.3 is 10.1 Å². The van der Waals surface area contributed by atoms with E-state index < -0.39 is 6.10 Å². The normalized spacial score (nSPS) is 13.3. The van der Waals surface area contributed by atoms with Crippen LogP contribution in [0.3, 0.4) is 0 Å². The molecule has 0 saturated carbocycles. The molecule has 0 bridgehead atoms. The van der Waals surface area contributed by atoms with Crippen LogP contribution in [0.2, 0.25) is 0 Å². The molecule has 2 aromatic carbocycles. The predicted octanol–water partition coefficient (Wildman–Crippen LogP) is 5.46. The maximum Gasteiger partial charge on any atom is 0.261 e. The Balaban J connectivity index is 2.09. The number of aryl methyl sites for hydroxylation is 2. The lowest BCUT2D eigenvalue weighted by atomic mass is 9.99. The van der Waals surface area contributed by atoms with Gasteiger partial charge in [-0.1, -0.05) is 57.2 Å². The average molecular weight is 354 g/mol. The van der Waals surface area contributed by atoms with Crippen molar-refractivity contribution in [2.24, 2.45) is 0 Å². The molecule has 1 amide bonds. The van der Waals surface area contributed by atoms with Crippen molar-refractivity contribution in [2.75, 3.05) is 0 Å². The van der Waals surface area contributed by atoms with Gasteiger partial charge in [-0.3, -0.25) is 4.79 Å². The minimum Gasteiger partial charge on any atom is -0.481 e. The Morgan fingerprint density at radius 3 is 2.35 bits per heavy atom. The summed E-state index contributed by atoms with van der Waals surface area (Å²) in [7, 11) is 0. The molecule has 2 atom stereocenters. The largest absolute Gasteiger partial charge is 0.481 e. The second-order valence-corrected chi connectivity index (χ2v) is 7.27. The van der Waals surface area contributed by atoms with Crippen molar-refractivity contribution >= 4 is 5.91 Å². The van der Waals surface area contributed by atoms with Gasteiger partial charge in [0.1, 0.15) is 5.75 Å². The molecule has 3 heteroatoms. The van der Waals surface area contributed by atoms with Crippen LogP contribution in [0.4, 0.5) is 0 Å². The number of hydrogen-bond acceptors (Lipinski definition) is 2. The Kier molecular flexibility index (Phi) is 6.84. The number of nitrogens with one attached hydrogen (secondary N) is 1. The highest BCUT2D eigenvalue weighted by Gasteiger charge is 2.21. The van der Waals surface area contributed by atoms with Gasteiger partial charge in [0.05, 0.1) is 6.04 Å². The molecule has 0 aliphatic rings. The van der Waals surface area contributed by atoms with Crippen molar-refractivity contribution in [1.29, 1.82) is 0 Å². The molecule has 2 aromatic rings. The van der Waals surface area contributed by atoms with E-state index in [0.29, 0.717) is 5.92 Å². The molecule has 2 rings (SSSR count). The lowest BCUT2D eigenvalue weighted by Crippen LogP contribution is -2.38. The second kappa shape index (κ2) is 8.88. The minimum absolute atomic E-state index is 0.00630. The van der Waals surface area contributed by atoms with Crippen molar-refractivity contribution in [2.45, 2.75) is 66.0 Å². The van der Waals surface area contributed by atoms with E-state index in [-0.39, 0.29) is 11.9 Å². The third kappa shape index (κ3) is 4.87. The first-order valence-corrected chi connectivity index (χ1v) is 9.46. The molecule has 0 aromatic heterocycles. The number of amides is 1. The molecule has 0 fully saturated rings. The number of rotatable bonds is 7. The Morgan fingerprint density at radius 2 is 1.73 bits per heavy atom. The van der Waals surface area contributed by atoms with E-state index in [2.05, 4.69) is 64.2 Å². The molecule has 140 valence electrons. The lowest BCUT2D eigenvalue weighted by molar-refractivity contribution is -0.128. The summed E-state index contributed by atoms with van der Waals surface area (Å²) in [6, 6.07) is 14.3. The fraction of sp³-hybridized carbons (Fsp3) is 0.435. The van der Waals surface area contributed by atoms with Gasteiger partial charge in [0, 0.05) is 0 Å². The zero-order chi connectivity index (χ0) is 19.3. The number of para-hydroxylation sites is 1. The molecular weight excluding hydrogens is 322 g/mol. The smallest absolute Gasteiger partial charge is 0.261 e. The quantitative estimate of drug-likeness (QED) is 0.717. The van der Waals surface area contributed by atoms with E-state index in [1.165, 1.54) is 11.1 Å². The van der Waals surface area contributed by atoms with Crippen molar-refractivity contribution < 1.29 is 9.53 Å². The Bertz CT molecular complexity index is 752. The highest BCUT2D eigenvalue weighted by Crippen LogP contribution is 2.27. The average Bonchev–Trinajstić information content (AvgIpc) is 2.62. The van der Waals surface area contributed by atoms with Crippen LogP contribution in [0.25, 0.3) is 0 Å². The summed E-state index contributed by atoms with van der Waals surface area (Å²) in [4.78, 5) is 12.7. The van der Waals surface area contributed by atoms with Crippen molar-refractivity contribution in [3.8, 4) is 5.75 Å². The molecule has 0 aliphatic heterocycles. The number of carbonyl (C=O) groups excluding carboxylic acids is 1. The predicted molar refractivity (Wildman–Crippen MR) is 108 cm³/mol. The van der Waals surface area contributed by atoms with E-state index >= 15 is 0 Å². The summed E-state index contributed by atoms with van der Waals surface area (Å²) in [5, 5.41) is 3.13. The van der Waals surface area contributed by atoms with Gasteiger partial charge in [0.15, 0.2) is 6.10 Å². The van der Waals surface area contributed by atoms with Crippen LogP contribution >= 0.6 is 0 Å². The minimum atomic E-state index is -0.546. The van der Waals surface area contributed by atoms with Crippen molar-refractivity contribution in [3.63, 3.8) is 0 Å². The topological polar surface area (TPSA) is 38.3 Å². The molecule has 0 radical (unpaired) electrons. The number of carbonyl (C=O) groups is 1. The zero-order valence-corrected chi connectivity index (χ0v) is 16.8. The molecule has 26 heavy (non-hydrogen) atoms. The standard InChI is InChI=1S/C23H31NO2/c1-7-21(19-13-12-16(4)17(5)14-19)24-23(25)18(6)26-22-11-9-8-10-20(22)15(2)3/h8-15,18,21H,7H2,1-6H3,(H,24,25)/t18-,21+/m1/s1. The Morgan fingerprint density at radius 1 is 1.04 bits per heavy atom. The SMILES string of the molecule is CC[C@H](NC(=O)[C@@H](C)Oc1ccccc1C(C)C)c1ccc(C)c(C)c1. The monoisotopic (exact) mass is 353 g/mol. The van der Waals surface area contributed by atoms with Gasteiger partial charge in [0.25, 0.3) is 5.91 Å². The van der Waals surface area contributed by atoms with E-state index in [1.807, 2.05) is 18.2 Å². The molecule has 0 unspecified atom stereocenters. The molecule has 3 nitrogen and oxygen atoms in total. The van der Waals surface area contributed by atoms with Crippen LogP contribution in [-0.2, 0) is 4.79 Å². The highest BCUT2D eigenvalue weighted by atomic mass is 16.5. The summed E-state index contributed by atoms with van der Waals surface area (Å²) in [5.74, 6) is 1.04. The van der Waals surface area contributed by atoms with Crippen LogP contribution in [0.1, 0.15) is 68.3 Å². The van der Waals surface area contributed by atoms with Gasteiger partial charge in [-0.05, 0) is 61.4 Å². The summed E-state index contributed by atoms with van der Waals surface area (Å²) >= 11 is 0.